The molecule has 20 heavy (non-hydrogen) atoms. The second kappa shape index (κ2) is 6.43. The number of benzene rings is 1. The van der Waals surface area contributed by atoms with Crippen LogP contribution in [0.1, 0.15) is 49.4 Å². The third-order valence-electron chi connectivity index (χ3n) is 3.43. The molecule has 0 N–H and O–H groups in total. The van der Waals surface area contributed by atoms with Gasteiger partial charge < -0.3 is 0 Å². The Morgan fingerprint density at radius 1 is 1.15 bits per heavy atom. The van der Waals surface area contributed by atoms with Crippen LogP contribution >= 0.6 is 22.6 Å². The number of carbonyl (C=O) groups is 1. The van der Waals surface area contributed by atoms with Gasteiger partial charge in [-0.15, -0.1) is 0 Å². The van der Waals surface area contributed by atoms with Crippen LogP contribution in [-0.2, 0) is 10.0 Å². The summed E-state index contributed by atoms with van der Waals surface area (Å²) in [4.78, 5) is 12.3. The molecule has 0 unspecified atom stereocenters. The van der Waals surface area contributed by atoms with Crippen LogP contribution in [0.25, 0.3) is 0 Å². The van der Waals surface area contributed by atoms with E-state index in [2.05, 4.69) is 29.5 Å². The Labute approximate surface area is 133 Å². The molecule has 0 atom stereocenters. The summed E-state index contributed by atoms with van der Waals surface area (Å²) in [7, 11) is -3.63. The van der Waals surface area contributed by atoms with E-state index in [1.807, 2.05) is 0 Å². The number of carbonyl (C=O) groups excluding carboxylic acids is 1. The average molecular weight is 407 g/mol. The quantitative estimate of drug-likeness (QED) is 0.537. The van der Waals surface area contributed by atoms with E-state index in [0.717, 1.165) is 40.0 Å². The lowest BCUT2D eigenvalue weighted by atomic mass is 10.1. The predicted molar refractivity (Wildman–Crippen MR) is 86.1 cm³/mol. The molecule has 1 aromatic rings. The molecule has 1 amide bonds. The van der Waals surface area contributed by atoms with E-state index in [1.165, 1.54) is 0 Å². The van der Waals surface area contributed by atoms with Crippen LogP contribution in [0.15, 0.2) is 23.1 Å². The molecule has 0 fully saturated rings. The molecular weight excluding hydrogens is 389 g/mol. The molecule has 0 saturated carbocycles. The van der Waals surface area contributed by atoms with Crippen molar-refractivity contribution in [2.75, 3.05) is 6.54 Å². The number of sulfonamides is 1. The van der Waals surface area contributed by atoms with Crippen molar-refractivity contribution < 1.29 is 13.2 Å². The van der Waals surface area contributed by atoms with Crippen molar-refractivity contribution in [3.8, 4) is 0 Å². The number of fused-ring (bicyclic) bond motifs is 1. The summed E-state index contributed by atoms with van der Waals surface area (Å²) in [5, 5.41) is 0. The normalized spacial score (nSPS) is 16.5. The molecule has 0 bridgehead atoms. The molecule has 1 aliphatic rings. The van der Waals surface area contributed by atoms with Gasteiger partial charge in [0.25, 0.3) is 15.9 Å². The van der Waals surface area contributed by atoms with E-state index in [1.54, 1.807) is 18.2 Å². The lowest BCUT2D eigenvalue weighted by Crippen LogP contribution is -2.30. The predicted octanol–water partition coefficient (Wildman–Crippen LogP) is 3.41. The maximum atomic E-state index is 12.4. The Hall–Kier alpha value is -0.630. The number of rotatable bonds is 6. The van der Waals surface area contributed by atoms with E-state index in [0.29, 0.717) is 5.56 Å². The van der Waals surface area contributed by atoms with Gasteiger partial charge >= 0.3 is 0 Å². The van der Waals surface area contributed by atoms with Crippen molar-refractivity contribution in [1.29, 1.82) is 0 Å². The number of hydrogen-bond donors (Lipinski definition) is 0. The molecule has 1 aromatic carbocycles. The monoisotopic (exact) mass is 407 g/mol. The number of hydrogen-bond acceptors (Lipinski definition) is 3. The molecule has 110 valence electrons. The van der Waals surface area contributed by atoms with Gasteiger partial charge in [0.05, 0.1) is 5.56 Å². The Balaban J connectivity index is 2.11. The van der Waals surface area contributed by atoms with Gasteiger partial charge in [-0.05, 0) is 47.2 Å². The second-order valence-corrected chi connectivity index (χ2v) is 8.01. The maximum Gasteiger partial charge on any atom is 0.269 e. The van der Waals surface area contributed by atoms with Crippen molar-refractivity contribution in [1.82, 2.24) is 4.31 Å². The third kappa shape index (κ3) is 3.00. The largest absolute Gasteiger partial charge is 0.269 e. The zero-order chi connectivity index (χ0) is 14.8. The fourth-order valence-corrected chi connectivity index (χ4v) is 4.66. The van der Waals surface area contributed by atoms with Gasteiger partial charge in [-0.1, -0.05) is 32.6 Å². The van der Waals surface area contributed by atoms with E-state index >= 15 is 0 Å². The SMILES string of the molecule is CCCCCCCN1C(=O)c2ccc(I)cc2S1(=O)=O. The highest BCUT2D eigenvalue weighted by atomic mass is 127. The van der Waals surface area contributed by atoms with Gasteiger partial charge in [0.2, 0.25) is 0 Å². The van der Waals surface area contributed by atoms with Gasteiger partial charge in [-0.3, -0.25) is 4.79 Å². The molecule has 6 heteroatoms. The van der Waals surface area contributed by atoms with Crippen LogP contribution in [0.3, 0.4) is 0 Å². The van der Waals surface area contributed by atoms with Gasteiger partial charge in [0, 0.05) is 10.1 Å². The van der Waals surface area contributed by atoms with Crippen molar-refractivity contribution in [3.05, 3.63) is 27.3 Å². The second-order valence-electron chi connectivity index (χ2n) is 4.94. The molecule has 2 rings (SSSR count). The van der Waals surface area contributed by atoms with Crippen LogP contribution in [-0.4, -0.2) is 25.2 Å². The summed E-state index contributed by atoms with van der Waals surface area (Å²) < 4.78 is 26.6. The number of nitrogens with zero attached hydrogens (tertiary/aromatic N) is 1. The third-order valence-corrected chi connectivity index (χ3v) is 5.93. The summed E-state index contributed by atoms with van der Waals surface area (Å²) in [5.74, 6) is -0.383. The molecule has 0 radical (unpaired) electrons. The van der Waals surface area contributed by atoms with Gasteiger partial charge in [-0.2, -0.15) is 0 Å². The van der Waals surface area contributed by atoms with E-state index in [9.17, 15) is 13.2 Å². The Kier molecular flexibility index (Phi) is 5.06. The molecule has 0 aliphatic carbocycles. The van der Waals surface area contributed by atoms with Crippen LogP contribution in [0.5, 0.6) is 0 Å². The molecular formula is C14H18INO3S. The summed E-state index contributed by atoms with van der Waals surface area (Å²) >= 11 is 2.05. The highest BCUT2D eigenvalue weighted by Crippen LogP contribution is 2.31. The van der Waals surface area contributed by atoms with E-state index in [-0.39, 0.29) is 17.3 Å². The molecule has 4 nitrogen and oxygen atoms in total. The minimum atomic E-state index is -3.63. The Bertz CT molecular complexity index is 613. The highest BCUT2D eigenvalue weighted by molar-refractivity contribution is 14.1. The fourth-order valence-electron chi connectivity index (χ4n) is 2.33. The van der Waals surface area contributed by atoms with Crippen molar-refractivity contribution in [2.24, 2.45) is 0 Å². The van der Waals surface area contributed by atoms with Crippen LogP contribution in [0.4, 0.5) is 0 Å². The lowest BCUT2D eigenvalue weighted by Gasteiger charge is -2.14. The standard InChI is InChI=1S/C14H18INO3S/c1-2-3-4-5-6-9-16-14(17)12-8-7-11(15)10-13(12)20(16,18)19/h7-8,10H,2-6,9H2,1H3. The summed E-state index contributed by atoms with van der Waals surface area (Å²) in [6, 6.07) is 4.94. The first kappa shape index (κ1) is 15.8. The first-order valence-corrected chi connectivity index (χ1v) is 9.37. The highest BCUT2D eigenvalue weighted by Gasteiger charge is 2.40. The van der Waals surface area contributed by atoms with Gasteiger partial charge in [0.1, 0.15) is 4.90 Å². The number of halogens is 1. The first-order chi connectivity index (χ1) is 9.48. The zero-order valence-corrected chi connectivity index (χ0v) is 14.4. The fraction of sp³-hybridized carbons (Fsp3) is 0.500. The summed E-state index contributed by atoms with van der Waals surface area (Å²) in [6.45, 7) is 2.42. The van der Waals surface area contributed by atoms with Crippen molar-refractivity contribution in [2.45, 2.75) is 43.9 Å². The lowest BCUT2D eigenvalue weighted by molar-refractivity contribution is 0.0869. The van der Waals surface area contributed by atoms with Crippen molar-refractivity contribution >= 4 is 38.5 Å². The van der Waals surface area contributed by atoms with Crippen molar-refractivity contribution in [3.63, 3.8) is 0 Å². The number of amides is 1. The maximum absolute atomic E-state index is 12.4. The van der Waals surface area contributed by atoms with E-state index in [4.69, 9.17) is 0 Å². The van der Waals surface area contributed by atoms with Crippen LogP contribution < -0.4 is 0 Å². The Morgan fingerprint density at radius 3 is 2.55 bits per heavy atom. The van der Waals surface area contributed by atoms with Crippen LogP contribution in [0, 0.1) is 3.57 Å². The Morgan fingerprint density at radius 2 is 1.85 bits per heavy atom. The summed E-state index contributed by atoms with van der Waals surface area (Å²) in [5.41, 5.74) is 0.305. The molecule has 0 spiro atoms. The number of unbranched alkanes of at least 4 members (excludes halogenated alkanes) is 4. The molecule has 0 saturated heterocycles. The average Bonchev–Trinajstić information content (AvgIpc) is 2.59. The van der Waals surface area contributed by atoms with Gasteiger partial charge in [-0.25, -0.2) is 12.7 Å². The van der Waals surface area contributed by atoms with Gasteiger partial charge in [0.15, 0.2) is 0 Å². The minimum absolute atomic E-state index is 0.156. The smallest absolute Gasteiger partial charge is 0.268 e. The summed E-state index contributed by atoms with van der Waals surface area (Å²) in [6.07, 6.45) is 5.07. The van der Waals surface area contributed by atoms with Crippen LogP contribution in [0.2, 0.25) is 0 Å². The first-order valence-electron chi connectivity index (χ1n) is 6.85. The molecule has 1 aliphatic heterocycles. The van der Waals surface area contributed by atoms with E-state index < -0.39 is 10.0 Å². The zero-order valence-electron chi connectivity index (χ0n) is 11.4. The minimum Gasteiger partial charge on any atom is -0.268 e. The molecule has 0 aromatic heterocycles. The topological polar surface area (TPSA) is 54.5 Å². The molecule has 1 heterocycles.